The molecule has 126 valence electrons. The van der Waals surface area contributed by atoms with Crippen molar-refractivity contribution in [2.24, 2.45) is 5.92 Å². The van der Waals surface area contributed by atoms with Gasteiger partial charge in [-0.05, 0) is 42.5 Å². The zero-order chi connectivity index (χ0) is 17.5. The number of rotatable bonds is 5. The number of benzene rings is 2. The van der Waals surface area contributed by atoms with E-state index in [0.29, 0.717) is 17.4 Å². The minimum absolute atomic E-state index is 0.168. The summed E-state index contributed by atoms with van der Waals surface area (Å²) in [4.78, 5) is 0. The van der Waals surface area contributed by atoms with Gasteiger partial charge in [-0.25, -0.2) is 0 Å². The van der Waals surface area contributed by atoms with Crippen molar-refractivity contribution >= 4 is 0 Å². The molecule has 0 N–H and O–H groups in total. The van der Waals surface area contributed by atoms with E-state index >= 15 is 0 Å². The average molecular weight is 332 g/mol. The average Bonchev–Trinajstić information content (AvgIpc) is 2.66. The zero-order valence-electron chi connectivity index (χ0n) is 14.0. The summed E-state index contributed by atoms with van der Waals surface area (Å²) in [6.07, 6.45) is 9.59. The van der Waals surface area contributed by atoms with Gasteiger partial charge in [0.2, 0.25) is 0 Å². The van der Waals surface area contributed by atoms with Gasteiger partial charge in [0, 0.05) is 11.5 Å². The van der Waals surface area contributed by atoms with E-state index in [1.54, 1.807) is 12.5 Å². The first kappa shape index (κ1) is 16.9. The highest BCUT2D eigenvalue weighted by molar-refractivity contribution is 5.44. The molecule has 1 aliphatic rings. The van der Waals surface area contributed by atoms with Crippen LogP contribution in [0.4, 0.5) is 0 Å². The van der Waals surface area contributed by atoms with E-state index in [1.807, 2.05) is 48.5 Å². The van der Waals surface area contributed by atoms with Gasteiger partial charge in [0.05, 0.1) is 0 Å². The van der Waals surface area contributed by atoms with Crippen molar-refractivity contribution in [1.82, 2.24) is 0 Å². The lowest BCUT2D eigenvalue weighted by atomic mass is 9.73. The van der Waals surface area contributed by atoms with Crippen LogP contribution in [0.2, 0.25) is 0 Å². The lowest BCUT2D eigenvalue weighted by molar-refractivity contribution is 0.323. The molecule has 0 aromatic heterocycles. The largest absolute Gasteiger partial charge is 0.388 e. The van der Waals surface area contributed by atoms with Crippen LogP contribution in [0.3, 0.4) is 0 Å². The van der Waals surface area contributed by atoms with Crippen LogP contribution in [-0.4, -0.2) is 0 Å². The Morgan fingerprint density at radius 2 is 1.52 bits per heavy atom. The van der Waals surface area contributed by atoms with Crippen LogP contribution in [0.15, 0.2) is 48.5 Å². The number of para-hydroxylation sites is 1. The van der Waals surface area contributed by atoms with Crippen LogP contribution < -0.4 is 9.47 Å². The van der Waals surface area contributed by atoms with Crippen LogP contribution >= 0.6 is 0 Å². The summed E-state index contributed by atoms with van der Waals surface area (Å²) in [5, 5.41) is 17.6. The first-order valence-corrected chi connectivity index (χ1v) is 8.64. The molecule has 0 spiro atoms. The highest BCUT2D eigenvalue weighted by Gasteiger charge is 2.29. The zero-order valence-corrected chi connectivity index (χ0v) is 14.0. The number of nitriles is 2. The molecule has 0 heterocycles. The van der Waals surface area contributed by atoms with Crippen molar-refractivity contribution in [3.63, 3.8) is 0 Å². The Morgan fingerprint density at radius 3 is 2.20 bits per heavy atom. The number of ether oxygens (including phenoxy) is 2. The third-order valence-corrected chi connectivity index (χ3v) is 4.93. The Balaban J connectivity index is 2.01. The molecule has 2 aromatic carbocycles. The molecule has 1 unspecified atom stereocenters. The molecule has 0 saturated heterocycles. The highest BCUT2D eigenvalue weighted by atomic mass is 16.5. The quantitative estimate of drug-likeness (QED) is 0.713. The fraction of sp³-hybridized carbons (Fsp3) is 0.333. The Morgan fingerprint density at radius 1 is 0.840 bits per heavy atom. The molecule has 4 nitrogen and oxygen atoms in total. The van der Waals surface area contributed by atoms with Crippen LogP contribution in [0.5, 0.6) is 11.5 Å². The molecule has 0 bridgehead atoms. The van der Waals surface area contributed by atoms with Crippen LogP contribution in [0.1, 0.15) is 49.1 Å². The van der Waals surface area contributed by atoms with Crippen molar-refractivity contribution in [3.05, 3.63) is 59.7 Å². The van der Waals surface area contributed by atoms with Gasteiger partial charge < -0.3 is 9.47 Å². The summed E-state index contributed by atoms with van der Waals surface area (Å²) in [6, 6.07) is 15.4. The molecule has 0 amide bonds. The van der Waals surface area contributed by atoms with Gasteiger partial charge in [-0.2, -0.15) is 0 Å². The molecular formula is C21H20N2O2. The van der Waals surface area contributed by atoms with Gasteiger partial charge in [0.15, 0.2) is 0 Å². The Bertz CT molecular complexity index is 781. The summed E-state index contributed by atoms with van der Waals surface area (Å²) < 4.78 is 10.1. The summed E-state index contributed by atoms with van der Waals surface area (Å²) in [5.41, 5.74) is 2.20. The van der Waals surface area contributed by atoms with Gasteiger partial charge in [-0.15, -0.1) is 10.5 Å². The number of hydrogen-bond donors (Lipinski definition) is 0. The highest BCUT2D eigenvalue weighted by Crippen LogP contribution is 2.43. The van der Waals surface area contributed by atoms with Gasteiger partial charge in [-0.1, -0.05) is 49.6 Å². The molecule has 4 heteroatoms. The fourth-order valence-electron chi connectivity index (χ4n) is 3.85. The summed E-state index contributed by atoms with van der Waals surface area (Å²) in [6.45, 7) is 0. The van der Waals surface area contributed by atoms with Gasteiger partial charge in [-0.3, -0.25) is 0 Å². The molecule has 3 rings (SSSR count). The predicted octanol–water partition coefficient (Wildman–Crippen LogP) is 5.12. The SMILES string of the molecule is N#COc1ccc(C(c2ccccc2OC#N)C2CCCCC2)cc1. The van der Waals surface area contributed by atoms with E-state index in [-0.39, 0.29) is 5.92 Å². The molecule has 2 aromatic rings. The van der Waals surface area contributed by atoms with Crippen LogP contribution in [0, 0.1) is 29.0 Å². The minimum Gasteiger partial charge on any atom is -0.388 e. The normalized spacial score (nSPS) is 15.6. The Labute approximate surface area is 148 Å². The first-order valence-electron chi connectivity index (χ1n) is 8.64. The second-order valence-electron chi connectivity index (χ2n) is 6.37. The van der Waals surface area contributed by atoms with E-state index in [4.69, 9.17) is 20.0 Å². The molecular weight excluding hydrogens is 312 g/mol. The Kier molecular flexibility index (Phi) is 5.54. The summed E-state index contributed by atoms with van der Waals surface area (Å²) >= 11 is 0. The van der Waals surface area contributed by atoms with Gasteiger partial charge in [0.25, 0.3) is 12.5 Å². The standard InChI is InChI=1S/C21H20N2O2/c22-14-24-18-12-10-17(11-13-18)21(16-6-2-1-3-7-16)19-8-4-5-9-20(19)25-15-23/h4-5,8-13,16,21H,1-3,6-7H2. The van der Waals surface area contributed by atoms with E-state index < -0.39 is 0 Å². The number of hydrogen-bond acceptors (Lipinski definition) is 4. The van der Waals surface area contributed by atoms with Crippen molar-refractivity contribution in [3.8, 4) is 24.0 Å². The van der Waals surface area contributed by atoms with Gasteiger partial charge in [0.1, 0.15) is 11.5 Å². The Hall–Kier alpha value is -2.98. The second kappa shape index (κ2) is 8.22. The van der Waals surface area contributed by atoms with E-state index in [1.165, 1.54) is 32.1 Å². The van der Waals surface area contributed by atoms with E-state index in [0.717, 1.165) is 11.1 Å². The summed E-state index contributed by atoms with van der Waals surface area (Å²) in [5.74, 6) is 1.84. The third kappa shape index (κ3) is 3.92. The number of nitrogens with zero attached hydrogens (tertiary/aromatic N) is 2. The molecule has 25 heavy (non-hydrogen) atoms. The van der Waals surface area contributed by atoms with Crippen molar-refractivity contribution in [2.45, 2.75) is 38.0 Å². The van der Waals surface area contributed by atoms with E-state index in [9.17, 15) is 0 Å². The first-order chi connectivity index (χ1) is 12.3. The molecule has 1 saturated carbocycles. The van der Waals surface area contributed by atoms with Crippen molar-refractivity contribution in [1.29, 1.82) is 10.5 Å². The third-order valence-electron chi connectivity index (χ3n) is 4.93. The molecule has 1 aliphatic carbocycles. The second-order valence-corrected chi connectivity index (χ2v) is 6.37. The fourth-order valence-corrected chi connectivity index (χ4v) is 3.85. The molecule has 0 aliphatic heterocycles. The van der Waals surface area contributed by atoms with Gasteiger partial charge >= 0.3 is 0 Å². The maximum atomic E-state index is 8.98. The van der Waals surface area contributed by atoms with Crippen molar-refractivity contribution < 1.29 is 9.47 Å². The topological polar surface area (TPSA) is 66.0 Å². The maximum Gasteiger partial charge on any atom is 0.292 e. The molecule has 1 fully saturated rings. The van der Waals surface area contributed by atoms with E-state index in [2.05, 4.69) is 0 Å². The lowest BCUT2D eigenvalue weighted by Gasteiger charge is -2.31. The predicted molar refractivity (Wildman–Crippen MR) is 93.8 cm³/mol. The smallest absolute Gasteiger partial charge is 0.292 e. The minimum atomic E-state index is 0.168. The monoisotopic (exact) mass is 332 g/mol. The van der Waals surface area contributed by atoms with Crippen molar-refractivity contribution in [2.75, 3.05) is 0 Å². The molecule has 1 atom stereocenters. The maximum absolute atomic E-state index is 8.98. The molecule has 0 radical (unpaired) electrons. The lowest BCUT2D eigenvalue weighted by Crippen LogP contribution is -2.18. The van der Waals surface area contributed by atoms with Crippen LogP contribution in [-0.2, 0) is 0 Å². The van der Waals surface area contributed by atoms with Crippen LogP contribution in [0.25, 0.3) is 0 Å². The summed E-state index contributed by atoms with van der Waals surface area (Å²) in [7, 11) is 0.